The van der Waals surface area contributed by atoms with E-state index in [-0.39, 0.29) is 5.54 Å². The molecule has 0 spiro atoms. The maximum atomic E-state index is 6.06. The molecule has 0 saturated carbocycles. The van der Waals surface area contributed by atoms with Crippen LogP contribution in [-0.2, 0) is 6.42 Å². The summed E-state index contributed by atoms with van der Waals surface area (Å²) in [5.41, 5.74) is 7.44. The van der Waals surface area contributed by atoms with Gasteiger partial charge in [0.2, 0.25) is 0 Å². The topological polar surface area (TPSA) is 26.0 Å². The molecular weight excluding hydrogens is 158 g/mol. The van der Waals surface area contributed by atoms with Gasteiger partial charge in [-0.05, 0) is 31.7 Å². The molecule has 1 rings (SSSR count). The molecule has 0 radical (unpaired) electrons. The molecule has 1 aromatic rings. The van der Waals surface area contributed by atoms with Crippen LogP contribution in [0.15, 0.2) is 30.3 Å². The summed E-state index contributed by atoms with van der Waals surface area (Å²) in [6.07, 6.45) is 3.19. The standard InChI is InChI=1S/C12H19N/c1-3-12(2,13)10-9-11-7-5-4-6-8-11/h4-8H,3,9-10,13H2,1-2H3. The fourth-order valence-electron chi connectivity index (χ4n) is 1.25. The highest BCUT2D eigenvalue weighted by atomic mass is 14.7. The van der Waals surface area contributed by atoms with E-state index >= 15 is 0 Å². The van der Waals surface area contributed by atoms with E-state index in [1.165, 1.54) is 5.56 Å². The second-order valence-electron chi connectivity index (χ2n) is 3.99. The van der Waals surface area contributed by atoms with Crippen molar-refractivity contribution >= 4 is 0 Å². The van der Waals surface area contributed by atoms with Gasteiger partial charge in [0.05, 0.1) is 0 Å². The van der Waals surface area contributed by atoms with Crippen molar-refractivity contribution in [3.8, 4) is 0 Å². The Hall–Kier alpha value is -0.820. The largest absolute Gasteiger partial charge is 0.325 e. The van der Waals surface area contributed by atoms with E-state index in [2.05, 4.69) is 38.1 Å². The van der Waals surface area contributed by atoms with E-state index < -0.39 is 0 Å². The molecule has 0 bridgehead atoms. The average Bonchev–Trinajstić information content (AvgIpc) is 2.17. The van der Waals surface area contributed by atoms with Gasteiger partial charge in [-0.1, -0.05) is 37.3 Å². The van der Waals surface area contributed by atoms with E-state index in [0.29, 0.717) is 0 Å². The van der Waals surface area contributed by atoms with Crippen LogP contribution in [-0.4, -0.2) is 5.54 Å². The van der Waals surface area contributed by atoms with Gasteiger partial charge in [0.1, 0.15) is 0 Å². The second kappa shape index (κ2) is 4.43. The Labute approximate surface area is 81.0 Å². The maximum Gasteiger partial charge on any atom is 0.0126 e. The van der Waals surface area contributed by atoms with Crippen LogP contribution in [0.3, 0.4) is 0 Å². The van der Waals surface area contributed by atoms with Crippen LogP contribution in [0.5, 0.6) is 0 Å². The van der Waals surface area contributed by atoms with Gasteiger partial charge in [-0.15, -0.1) is 0 Å². The molecule has 0 fully saturated rings. The lowest BCUT2D eigenvalue weighted by Crippen LogP contribution is -2.35. The van der Waals surface area contributed by atoms with Crippen molar-refractivity contribution in [1.82, 2.24) is 0 Å². The van der Waals surface area contributed by atoms with Gasteiger partial charge in [0, 0.05) is 5.54 Å². The fraction of sp³-hybridized carbons (Fsp3) is 0.500. The summed E-state index contributed by atoms with van der Waals surface area (Å²) in [5, 5.41) is 0. The van der Waals surface area contributed by atoms with Crippen molar-refractivity contribution in [3.05, 3.63) is 35.9 Å². The van der Waals surface area contributed by atoms with Crippen LogP contribution in [0.25, 0.3) is 0 Å². The zero-order chi connectivity index (χ0) is 9.73. The Morgan fingerprint density at radius 3 is 2.38 bits per heavy atom. The molecule has 1 unspecified atom stereocenters. The lowest BCUT2D eigenvalue weighted by molar-refractivity contribution is 0.418. The van der Waals surface area contributed by atoms with Gasteiger partial charge in [0.25, 0.3) is 0 Å². The number of hydrogen-bond acceptors (Lipinski definition) is 1. The van der Waals surface area contributed by atoms with Gasteiger partial charge in [-0.2, -0.15) is 0 Å². The molecule has 0 heterocycles. The van der Waals surface area contributed by atoms with Crippen LogP contribution in [0.2, 0.25) is 0 Å². The van der Waals surface area contributed by atoms with Gasteiger partial charge in [-0.25, -0.2) is 0 Å². The second-order valence-corrected chi connectivity index (χ2v) is 3.99. The van der Waals surface area contributed by atoms with E-state index in [1.807, 2.05) is 6.07 Å². The van der Waals surface area contributed by atoms with Crippen LogP contribution < -0.4 is 5.73 Å². The highest BCUT2D eigenvalue weighted by Gasteiger charge is 2.14. The van der Waals surface area contributed by atoms with E-state index in [9.17, 15) is 0 Å². The molecule has 1 nitrogen and oxygen atoms in total. The average molecular weight is 177 g/mol. The third kappa shape index (κ3) is 3.60. The summed E-state index contributed by atoms with van der Waals surface area (Å²) in [4.78, 5) is 0. The van der Waals surface area contributed by atoms with Gasteiger partial charge in [0.15, 0.2) is 0 Å². The predicted octanol–water partition coefficient (Wildman–Crippen LogP) is 2.75. The minimum Gasteiger partial charge on any atom is -0.325 e. The minimum atomic E-state index is -0.00413. The summed E-state index contributed by atoms with van der Waals surface area (Å²) in [6.45, 7) is 4.26. The minimum absolute atomic E-state index is 0.00413. The zero-order valence-corrected chi connectivity index (χ0v) is 8.59. The summed E-state index contributed by atoms with van der Waals surface area (Å²) >= 11 is 0. The van der Waals surface area contributed by atoms with Crippen molar-refractivity contribution < 1.29 is 0 Å². The summed E-state index contributed by atoms with van der Waals surface area (Å²) < 4.78 is 0. The fourth-order valence-corrected chi connectivity index (χ4v) is 1.25. The van der Waals surface area contributed by atoms with E-state index in [4.69, 9.17) is 5.73 Å². The summed E-state index contributed by atoms with van der Waals surface area (Å²) in [5.74, 6) is 0. The van der Waals surface area contributed by atoms with E-state index in [1.54, 1.807) is 0 Å². The van der Waals surface area contributed by atoms with Crippen molar-refractivity contribution in [2.45, 2.75) is 38.6 Å². The summed E-state index contributed by atoms with van der Waals surface area (Å²) in [7, 11) is 0. The lowest BCUT2D eigenvalue weighted by Gasteiger charge is -2.22. The Morgan fingerprint density at radius 1 is 1.23 bits per heavy atom. The Bertz CT molecular complexity index is 239. The van der Waals surface area contributed by atoms with Crippen molar-refractivity contribution in [2.75, 3.05) is 0 Å². The molecule has 72 valence electrons. The first-order valence-electron chi connectivity index (χ1n) is 4.97. The third-order valence-corrected chi connectivity index (χ3v) is 2.64. The molecule has 0 saturated heterocycles. The molecule has 1 atom stereocenters. The van der Waals surface area contributed by atoms with Crippen LogP contribution in [0, 0.1) is 0 Å². The first-order valence-corrected chi connectivity index (χ1v) is 4.97. The molecule has 13 heavy (non-hydrogen) atoms. The van der Waals surface area contributed by atoms with Crippen molar-refractivity contribution in [2.24, 2.45) is 5.73 Å². The molecule has 0 aliphatic carbocycles. The molecule has 2 N–H and O–H groups in total. The van der Waals surface area contributed by atoms with Crippen LogP contribution >= 0.6 is 0 Å². The zero-order valence-electron chi connectivity index (χ0n) is 8.59. The smallest absolute Gasteiger partial charge is 0.0126 e. The third-order valence-electron chi connectivity index (χ3n) is 2.64. The number of rotatable bonds is 4. The molecule has 1 aromatic carbocycles. The Morgan fingerprint density at radius 2 is 1.85 bits per heavy atom. The van der Waals surface area contributed by atoms with Crippen molar-refractivity contribution in [1.29, 1.82) is 0 Å². The number of benzene rings is 1. The lowest BCUT2D eigenvalue weighted by atomic mass is 9.92. The van der Waals surface area contributed by atoms with Gasteiger partial charge in [-0.3, -0.25) is 0 Å². The predicted molar refractivity (Wildman–Crippen MR) is 57.6 cm³/mol. The first-order chi connectivity index (χ1) is 6.14. The van der Waals surface area contributed by atoms with Crippen LogP contribution in [0.4, 0.5) is 0 Å². The molecule has 0 aromatic heterocycles. The highest BCUT2D eigenvalue weighted by molar-refractivity contribution is 5.15. The Balaban J connectivity index is 2.44. The number of hydrogen-bond donors (Lipinski definition) is 1. The Kier molecular flexibility index (Phi) is 3.49. The molecule has 0 amide bonds. The first kappa shape index (κ1) is 10.3. The van der Waals surface area contributed by atoms with Gasteiger partial charge < -0.3 is 5.73 Å². The normalized spacial score (nSPS) is 15.3. The maximum absolute atomic E-state index is 6.06. The van der Waals surface area contributed by atoms with E-state index in [0.717, 1.165) is 19.3 Å². The van der Waals surface area contributed by atoms with Crippen LogP contribution in [0.1, 0.15) is 32.3 Å². The van der Waals surface area contributed by atoms with Crippen molar-refractivity contribution in [3.63, 3.8) is 0 Å². The summed E-state index contributed by atoms with van der Waals surface area (Å²) in [6, 6.07) is 10.5. The SMILES string of the molecule is CCC(C)(N)CCc1ccccc1. The quantitative estimate of drug-likeness (QED) is 0.752. The number of nitrogens with two attached hydrogens (primary N) is 1. The van der Waals surface area contributed by atoms with Gasteiger partial charge >= 0.3 is 0 Å². The molecule has 0 aliphatic rings. The number of aryl methyl sites for hydroxylation is 1. The molecule has 0 aliphatic heterocycles. The molecular formula is C12H19N. The molecule has 1 heteroatoms. The monoisotopic (exact) mass is 177 g/mol. The highest BCUT2D eigenvalue weighted by Crippen LogP contribution is 2.14.